The lowest BCUT2D eigenvalue weighted by Gasteiger charge is -2.09. The van der Waals surface area contributed by atoms with Gasteiger partial charge in [0.1, 0.15) is 0 Å². The maximum Gasteiger partial charge on any atom is 0.0992 e. The summed E-state index contributed by atoms with van der Waals surface area (Å²) in [7, 11) is 0. The first-order valence-corrected chi connectivity index (χ1v) is 5.71. The Balaban J connectivity index is 2.05. The summed E-state index contributed by atoms with van der Waals surface area (Å²) in [6, 6.07) is 13.8. The molecule has 1 heterocycles. The first-order valence-electron chi connectivity index (χ1n) is 5.71. The Morgan fingerprint density at radius 1 is 1.29 bits per heavy atom. The van der Waals surface area contributed by atoms with E-state index >= 15 is 0 Å². The summed E-state index contributed by atoms with van der Waals surface area (Å²) in [5, 5.41) is 12.1. The van der Waals surface area contributed by atoms with Crippen molar-refractivity contribution in [3.05, 3.63) is 53.9 Å². The van der Waals surface area contributed by atoms with E-state index in [0.29, 0.717) is 5.56 Å². The second-order valence-corrected chi connectivity index (χ2v) is 3.83. The summed E-state index contributed by atoms with van der Waals surface area (Å²) in [6.45, 7) is 3.87. The maximum atomic E-state index is 8.81. The van der Waals surface area contributed by atoms with Gasteiger partial charge in [0.2, 0.25) is 0 Å². The van der Waals surface area contributed by atoms with Crippen LogP contribution in [0.1, 0.15) is 18.2 Å². The molecule has 86 valence electrons. The molecule has 1 aromatic heterocycles. The van der Waals surface area contributed by atoms with E-state index < -0.39 is 0 Å². The molecule has 0 bridgehead atoms. The Bertz CT molecular complexity index is 534. The fraction of sp³-hybridized carbons (Fsp3) is 0.214. The molecule has 0 saturated heterocycles. The summed E-state index contributed by atoms with van der Waals surface area (Å²) >= 11 is 0. The highest BCUT2D eigenvalue weighted by atomic mass is 15.0. The van der Waals surface area contributed by atoms with E-state index in [1.165, 1.54) is 5.69 Å². The highest BCUT2D eigenvalue weighted by Crippen LogP contribution is 2.12. The van der Waals surface area contributed by atoms with Crippen LogP contribution < -0.4 is 5.32 Å². The van der Waals surface area contributed by atoms with Crippen molar-refractivity contribution in [1.29, 1.82) is 5.26 Å². The Morgan fingerprint density at radius 2 is 2.18 bits per heavy atom. The number of hydrogen-bond donors (Lipinski definition) is 1. The molecule has 17 heavy (non-hydrogen) atoms. The average molecular weight is 225 g/mol. The number of anilines is 1. The lowest BCUT2D eigenvalue weighted by atomic mass is 10.2. The summed E-state index contributed by atoms with van der Waals surface area (Å²) in [5.74, 6) is 0. The summed E-state index contributed by atoms with van der Waals surface area (Å²) in [4.78, 5) is 0. The van der Waals surface area contributed by atoms with Gasteiger partial charge < -0.3 is 9.88 Å². The van der Waals surface area contributed by atoms with Crippen molar-refractivity contribution in [3.8, 4) is 6.07 Å². The van der Waals surface area contributed by atoms with E-state index in [1.54, 1.807) is 6.07 Å². The predicted molar refractivity (Wildman–Crippen MR) is 68.6 cm³/mol. The number of nitriles is 1. The third-order valence-electron chi connectivity index (χ3n) is 2.73. The van der Waals surface area contributed by atoms with Crippen LogP contribution in [0.2, 0.25) is 0 Å². The number of benzene rings is 1. The molecular weight excluding hydrogens is 210 g/mol. The minimum absolute atomic E-state index is 0.681. The van der Waals surface area contributed by atoms with Crippen LogP contribution in [0, 0.1) is 11.3 Å². The Hall–Kier alpha value is -2.21. The lowest BCUT2D eigenvalue weighted by Crippen LogP contribution is -2.05. The average Bonchev–Trinajstić information content (AvgIpc) is 2.84. The van der Waals surface area contributed by atoms with Crippen LogP contribution in [0.15, 0.2) is 42.6 Å². The minimum Gasteiger partial charge on any atom is -0.379 e. The van der Waals surface area contributed by atoms with Crippen molar-refractivity contribution in [2.45, 2.75) is 20.0 Å². The fourth-order valence-corrected chi connectivity index (χ4v) is 1.81. The van der Waals surface area contributed by atoms with Crippen LogP contribution in [-0.4, -0.2) is 4.57 Å². The van der Waals surface area contributed by atoms with Crippen molar-refractivity contribution in [1.82, 2.24) is 4.57 Å². The van der Waals surface area contributed by atoms with Gasteiger partial charge in [-0.2, -0.15) is 5.26 Å². The van der Waals surface area contributed by atoms with Gasteiger partial charge in [-0.3, -0.25) is 0 Å². The SMILES string of the molecule is CCn1cccc1CNc1cccc(C#N)c1. The first-order chi connectivity index (χ1) is 8.33. The zero-order valence-corrected chi connectivity index (χ0v) is 9.85. The molecule has 1 aromatic carbocycles. The molecule has 2 rings (SSSR count). The topological polar surface area (TPSA) is 40.8 Å². The second-order valence-electron chi connectivity index (χ2n) is 3.83. The third-order valence-corrected chi connectivity index (χ3v) is 2.73. The molecule has 3 nitrogen and oxygen atoms in total. The molecule has 0 aliphatic heterocycles. The van der Waals surface area contributed by atoms with E-state index in [-0.39, 0.29) is 0 Å². The van der Waals surface area contributed by atoms with E-state index in [2.05, 4.69) is 35.1 Å². The molecule has 0 saturated carbocycles. The molecule has 3 heteroatoms. The summed E-state index contributed by atoms with van der Waals surface area (Å²) < 4.78 is 2.20. The predicted octanol–water partition coefficient (Wildman–Crippen LogP) is 2.99. The van der Waals surface area contributed by atoms with Crippen LogP contribution in [0.25, 0.3) is 0 Å². The third kappa shape index (κ3) is 2.67. The van der Waals surface area contributed by atoms with Gasteiger partial charge in [0.05, 0.1) is 18.2 Å². The van der Waals surface area contributed by atoms with Crippen molar-refractivity contribution in [3.63, 3.8) is 0 Å². The summed E-state index contributed by atoms with van der Waals surface area (Å²) in [5.41, 5.74) is 2.91. The van der Waals surface area contributed by atoms with E-state index in [9.17, 15) is 0 Å². The molecule has 0 fully saturated rings. The van der Waals surface area contributed by atoms with E-state index in [4.69, 9.17) is 5.26 Å². The van der Waals surface area contributed by atoms with Crippen molar-refractivity contribution < 1.29 is 0 Å². The second kappa shape index (κ2) is 5.22. The minimum atomic E-state index is 0.681. The van der Waals surface area contributed by atoms with E-state index in [0.717, 1.165) is 18.8 Å². The molecule has 2 aromatic rings. The number of nitrogens with zero attached hydrogens (tertiary/aromatic N) is 2. The molecule has 0 radical (unpaired) electrons. The first kappa shape index (κ1) is 11.3. The monoisotopic (exact) mass is 225 g/mol. The van der Waals surface area contributed by atoms with Crippen molar-refractivity contribution in [2.75, 3.05) is 5.32 Å². The normalized spacial score (nSPS) is 9.88. The summed E-state index contributed by atoms with van der Waals surface area (Å²) in [6.07, 6.45) is 2.07. The highest BCUT2D eigenvalue weighted by molar-refractivity contribution is 5.49. The van der Waals surface area contributed by atoms with Gasteiger partial charge >= 0.3 is 0 Å². The van der Waals surface area contributed by atoms with Crippen molar-refractivity contribution >= 4 is 5.69 Å². The molecule has 0 atom stereocenters. The van der Waals surface area contributed by atoms with Gasteiger partial charge in [-0.25, -0.2) is 0 Å². The van der Waals surface area contributed by atoms with E-state index in [1.807, 2.05) is 24.3 Å². The van der Waals surface area contributed by atoms with Gasteiger partial charge in [-0.15, -0.1) is 0 Å². The Morgan fingerprint density at radius 3 is 2.94 bits per heavy atom. The lowest BCUT2D eigenvalue weighted by molar-refractivity contribution is 0.724. The number of nitrogens with one attached hydrogen (secondary N) is 1. The Kier molecular flexibility index (Phi) is 3.46. The van der Waals surface area contributed by atoms with Crippen LogP contribution in [0.4, 0.5) is 5.69 Å². The van der Waals surface area contributed by atoms with Gasteiger partial charge in [0.25, 0.3) is 0 Å². The standard InChI is InChI=1S/C14H15N3/c1-2-17-8-4-7-14(17)11-16-13-6-3-5-12(9-13)10-15/h3-9,16H,2,11H2,1H3. The van der Waals surface area contributed by atoms with Gasteiger partial charge in [0, 0.05) is 24.1 Å². The number of hydrogen-bond acceptors (Lipinski definition) is 2. The molecule has 0 aliphatic rings. The fourth-order valence-electron chi connectivity index (χ4n) is 1.81. The van der Waals surface area contributed by atoms with Gasteiger partial charge in [0.15, 0.2) is 0 Å². The van der Waals surface area contributed by atoms with Crippen LogP contribution in [-0.2, 0) is 13.1 Å². The maximum absolute atomic E-state index is 8.81. The molecule has 0 unspecified atom stereocenters. The van der Waals surface area contributed by atoms with Gasteiger partial charge in [-0.1, -0.05) is 6.07 Å². The largest absolute Gasteiger partial charge is 0.379 e. The zero-order valence-electron chi connectivity index (χ0n) is 9.85. The van der Waals surface area contributed by atoms with Crippen LogP contribution in [0.3, 0.4) is 0 Å². The molecule has 1 N–H and O–H groups in total. The number of aromatic nitrogens is 1. The van der Waals surface area contributed by atoms with Gasteiger partial charge in [-0.05, 0) is 37.3 Å². The number of rotatable bonds is 4. The zero-order chi connectivity index (χ0) is 12.1. The molecule has 0 aliphatic carbocycles. The number of aryl methyl sites for hydroxylation is 1. The Labute approximate surface area is 101 Å². The quantitative estimate of drug-likeness (QED) is 0.869. The smallest absolute Gasteiger partial charge is 0.0992 e. The highest BCUT2D eigenvalue weighted by Gasteiger charge is 1.99. The molecular formula is C14H15N3. The molecule has 0 amide bonds. The van der Waals surface area contributed by atoms with Crippen LogP contribution in [0.5, 0.6) is 0 Å². The van der Waals surface area contributed by atoms with Crippen molar-refractivity contribution in [2.24, 2.45) is 0 Å². The van der Waals surface area contributed by atoms with Crippen LogP contribution >= 0.6 is 0 Å². The molecule has 0 spiro atoms.